The quantitative estimate of drug-likeness (QED) is 0.812. The molecule has 2 aromatic heterocycles. The highest BCUT2D eigenvalue weighted by Crippen LogP contribution is 2.28. The first kappa shape index (κ1) is 11.0. The predicted molar refractivity (Wildman–Crippen MR) is 62.7 cm³/mol. The van der Waals surface area contributed by atoms with Gasteiger partial charge in [0.2, 0.25) is 5.43 Å². The first-order chi connectivity index (χ1) is 7.65. The van der Waals surface area contributed by atoms with E-state index >= 15 is 0 Å². The molecular formula is C9H8N2O3S2. The van der Waals surface area contributed by atoms with Crippen molar-refractivity contribution in [2.45, 2.75) is 9.96 Å². The van der Waals surface area contributed by atoms with Crippen molar-refractivity contribution in [3.8, 4) is 5.75 Å². The molecule has 0 fully saturated rings. The van der Waals surface area contributed by atoms with Crippen LogP contribution in [0.5, 0.6) is 5.75 Å². The summed E-state index contributed by atoms with van der Waals surface area (Å²) in [7, 11) is 0. The van der Waals surface area contributed by atoms with Gasteiger partial charge in [0.25, 0.3) is 0 Å². The average molecular weight is 256 g/mol. The number of nitrogens with two attached hydrogens (primary N) is 1. The van der Waals surface area contributed by atoms with E-state index in [1.807, 2.05) is 0 Å². The summed E-state index contributed by atoms with van der Waals surface area (Å²) < 4.78 is 6.00. The Morgan fingerprint density at radius 2 is 2.44 bits per heavy atom. The summed E-state index contributed by atoms with van der Waals surface area (Å²) in [4.78, 5) is 15.0. The molecule has 0 aliphatic carbocycles. The van der Waals surface area contributed by atoms with Crippen LogP contribution in [0.1, 0.15) is 5.76 Å². The zero-order valence-corrected chi connectivity index (χ0v) is 9.68. The Balaban J connectivity index is 2.05. The van der Waals surface area contributed by atoms with E-state index in [0.717, 1.165) is 10.5 Å². The first-order valence-electron chi connectivity index (χ1n) is 4.30. The molecule has 0 amide bonds. The van der Waals surface area contributed by atoms with Gasteiger partial charge in [0, 0.05) is 6.07 Å². The summed E-state index contributed by atoms with van der Waals surface area (Å²) in [5.74, 6) is 0.618. The predicted octanol–water partition coefficient (Wildman–Crippen LogP) is 1.68. The molecule has 2 rings (SSSR count). The molecule has 0 saturated heterocycles. The fourth-order valence-corrected chi connectivity index (χ4v) is 2.65. The molecule has 0 bridgehead atoms. The Labute approximate surface area is 98.9 Å². The molecule has 0 aromatic carbocycles. The van der Waals surface area contributed by atoms with Crippen molar-refractivity contribution in [1.82, 2.24) is 4.98 Å². The highest BCUT2D eigenvalue weighted by atomic mass is 32.2. The molecule has 84 valence electrons. The summed E-state index contributed by atoms with van der Waals surface area (Å²) >= 11 is 2.85. The van der Waals surface area contributed by atoms with Gasteiger partial charge in [-0.25, -0.2) is 4.98 Å². The smallest absolute Gasteiger partial charge is 0.226 e. The fourth-order valence-electron chi connectivity index (χ4n) is 1.00. The van der Waals surface area contributed by atoms with Crippen molar-refractivity contribution in [3.63, 3.8) is 0 Å². The topological polar surface area (TPSA) is 89.3 Å². The Bertz CT molecular complexity index is 550. The van der Waals surface area contributed by atoms with Gasteiger partial charge >= 0.3 is 0 Å². The number of anilines is 1. The van der Waals surface area contributed by atoms with Gasteiger partial charge in [-0.15, -0.1) is 11.8 Å². The maximum absolute atomic E-state index is 11.1. The third-order valence-corrected chi connectivity index (χ3v) is 3.77. The van der Waals surface area contributed by atoms with Crippen molar-refractivity contribution in [2.24, 2.45) is 0 Å². The van der Waals surface area contributed by atoms with Crippen molar-refractivity contribution < 1.29 is 9.52 Å². The Kier molecular flexibility index (Phi) is 3.16. The Morgan fingerprint density at radius 3 is 3.06 bits per heavy atom. The lowest BCUT2D eigenvalue weighted by Crippen LogP contribution is -1.98. The summed E-state index contributed by atoms with van der Waals surface area (Å²) in [5.41, 5.74) is 5.04. The van der Waals surface area contributed by atoms with Gasteiger partial charge < -0.3 is 15.3 Å². The maximum atomic E-state index is 11.1. The van der Waals surface area contributed by atoms with E-state index in [9.17, 15) is 4.79 Å². The summed E-state index contributed by atoms with van der Waals surface area (Å²) in [5, 5.41) is 9.50. The number of nitrogen functional groups attached to an aromatic ring is 1. The number of rotatable bonds is 3. The van der Waals surface area contributed by atoms with Crippen LogP contribution < -0.4 is 11.2 Å². The molecule has 0 spiro atoms. The van der Waals surface area contributed by atoms with Gasteiger partial charge in [0.05, 0.1) is 16.2 Å². The number of hydrogen-bond acceptors (Lipinski definition) is 7. The lowest BCUT2D eigenvalue weighted by atomic mass is 10.4. The molecule has 3 N–H and O–H groups in total. The minimum atomic E-state index is -0.439. The van der Waals surface area contributed by atoms with E-state index in [1.165, 1.54) is 29.2 Å². The van der Waals surface area contributed by atoms with Gasteiger partial charge in [-0.1, -0.05) is 11.3 Å². The van der Waals surface area contributed by atoms with Gasteiger partial charge in [-0.3, -0.25) is 4.79 Å². The maximum Gasteiger partial charge on any atom is 0.226 e. The molecule has 5 nitrogen and oxygen atoms in total. The van der Waals surface area contributed by atoms with E-state index in [-0.39, 0.29) is 5.75 Å². The number of nitrogens with zero attached hydrogens (tertiary/aromatic N) is 1. The van der Waals surface area contributed by atoms with Crippen molar-refractivity contribution in [2.75, 3.05) is 5.73 Å². The van der Waals surface area contributed by atoms with Crippen LogP contribution in [0.4, 0.5) is 5.13 Å². The summed E-state index contributed by atoms with van der Waals surface area (Å²) in [6, 6.07) is 1.27. The average Bonchev–Trinajstić information content (AvgIpc) is 2.66. The molecule has 2 aromatic rings. The van der Waals surface area contributed by atoms with E-state index < -0.39 is 5.43 Å². The van der Waals surface area contributed by atoms with Crippen molar-refractivity contribution in [3.05, 3.63) is 34.5 Å². The highest BCUT2D eigenvalue weighted by Gasteiger charge is 2.04. The van der Waals surface area contributed by atoms with E-state index in [0.29, 0.717) is 16.6 Å². The van der Waals surface area contributed by atoms with E-state index in [1.54, 1.807) is 6.20 Å². The van der Waals surface area contributed by atoms with E-state index in [4.69, 9.17) is 15.3 Å². The zero-order chi connectivity index (χ0) is 11.5. The monoisotopic (exact) mass is 256 g/mol. The molecule has 7 heteroatoms. The second-order valence-electron chi connectivity index (χ2n) is 2.90. The minimum Gasteiger partial charge on any atom is -0.502 e. The van der Waals surface area contributed by atoms with Crippen molar-refractivity contribution in [1.29, 1.82) is 0 Å². The zero-order valence-electron chi connectivity index (χ0n) is 8.04. The largest absolute Gasteiger partial charge is 0.502 e. The number of hydrogen-bond donors (Lipinski definition) is 2. The standard InChI is InChI=1S/C9H8N2O3S2/c10-9-11-2-8(16-9)15-4-5-1-6(12)7(13)3-14-5/h1-3,13H,4H2,(H2,10,11). The van der Waals surface area contributed by atoms with Gasteiger partial charge in [-0.05, 0) is 0 Å². The lowest BCUT2D eigenvalue weighted by molar-refractivity contribution is 0.419. The molecule has 0 unspecified atom stereocenters. The van der Waals surface area contributed by atoms with Crippen LogP contribution in [-0.4, -0.2) is 10.1 Å². The fraction of sp³-hybridized carbons (Fsp3) is 0.111. The molecule has 0 aliphatic rings. The van der Waals surface area contributed by atoms with Gasteiger partial charge in [0.15, 0.2) is 10.9 Å². The van der Waals surface area contributed by atoms with Crippen LogP contribution >= 0.6 is 23.1 Å². The Hall–Kier alpha value is -1.47. The number of thiazole rings is 1. The molecule has 0 saturated carbocycles. The Morgan fingerprint density at radius 1 is 1.62 bits per heavy atom. The van der Waals surface area contributed by atoms with Crippen LogP contribution in [0.15, 0.2) is 31.9 Å². The molecule has 0 atom stereocenters. The number of thioether (sulfide) groups is 1. The number of aromatic hydroxyl groups is 1. The van der Waals surface area contributed by atoms with Crippen molar-refractivity contribution >= 4 is 28.2 Å². The second-order valence-corrected chi connectivity index (χ2v) is 5.24. The van der Waals surface area contributed by atoms with Crippen LogP contribution in [-0.2, 0) is 5.75 Å². The lowest BCUT2D eigenvalue weighted by Gasteiger charge is -1.97. The van der Waals surface area contributed by atoms with E-state index in [2.05, 4.69) is 4.98 Å². The summed E-state index contributed by atoms with van der Waals surface area (Å²) in [6.45, 7) is 0. The van der Waals surface area contributed by atoms with Crippen LogP contribution in [0.25, 0.3) is 0 Å². The molecule has 0 radical (unpaired) electrons. The molecule has 16 heavy (non-hydrogen) atoms. The van der Waals surface area contributed by atoms with Crippen LogP contribution in [0.2, 0.25) is 0 Å². The minimum absolute atomic E-state index is 0.379. The normalized spacial score (nSPS) is 10.5. The third kappa shape index (κ3) is 2.56. The first-order valence-corrected chi connectivity index (χ1v) is 6.10. The van der Waals surface area contributed by atoms with Crippen LogP contribution in [0, 0.1) is 0 Å². The molecule has 0 aliphatic heterocycles. The van der Waals surface area contributed by atoms with Gasteiger partial charge in [0.1, 0.15) is 12.0 Å². The second kappa shape index (κ2) is 4.58. The van der Waals surface area contributed by atoms with Gasteiger partial charge in [-0.2, -0.15) is 0 Å². The molecule has 2 heterocycles. The van der Waals surface area contributed by atoms with Crippen LogP contribution in [0.3, 0.4) is 0 Å². The SMILES string of the molecule is Nc1ncc(SCc2cc(=O)c(O)co2)s1. The highest BCUT2D eigenvalue weighted by molar-refractivity contribution is 8.00. The number of aromatic nitrogens is 1. The summed E-state index contributed by atoms with van der Waals surface area (Å²) in [6.07, 6.45) is 2.71. The third-order valence-electron chi connectivity index (χ3n) is 1.73. The molecular weight excluding hydrogens is 248 g/mol.